The Labute approximate surface area is 152 Å². The van der Waals surface area contributed by atoms with E-state index < -0.39 is 0 Å². The summed E-state index contributed by atoms with van der Waals surface area (Å²) in [5, 5.41) is 15.3. The van der Waals surface area contributed by atoms with Crippen molar-refractivity contribution < 1.29 is 9.72 Å². The van der Waals surface area contributed by atoms with Crippen LogP contribution >= 0.6 is 0 Å². The molecule has 0 bridgehead atoms. The first-order valence-corrected chi connectivity index (χ1v) is 8.66. The molecular weight excluding hydrogens is 334 g/mol. The predicted octanol–water partition coefficient (Wildman–Crippen LogP) is 2.20. The van der Waals surface area contributed by atoms with Crippen molar-refractivity contribution in [2.45, 2.75) is 19.4 Å². The third-order valence-corrected chi connectivity index (χ3v) is 4.82. The van der Waals surface area contributed by atoms with E-state index in [0.29, 0.717) is 38.2 Å². The van der Waals surface area contributed by atoms with Gasteiger partial charge in [-0.2, -0.15) is 5.10 Å². The average molecular weight is 357 g/mol. The second kappa shape index (κ2) is 7.55. The number of rotatable bonds is 5. The second-order valence-corrected chi connectivity index (χ2v) is 6.72. The van der Waals surface area contributed by atoms with E-state index in [9.17, 15) is 14.9 Å². The Hall–Kier alpha value is -2.90. The third kappa shape index (κ3) is 3.84. The topological polar surface area (TPSA) is 84.5 Å². The number of amides is 1. The monoisotopic (exact) mass is 357 g/mol. The van der Waals surface area contributed by atoms with Crippen molar-refractivity contribution in [1.29, 1.82) is 0 Å². The Morgan fingerprint density at radius 1 is 1.35 bits per heavy atom. The van der Waals surface area contributed by atoms with Gasteiger partial charge in [-0.1, -0.05) is 12.1 Å². The van der Waals surface area contributed by atoms with Gasteiger partial charge in [0.2, 0.25) is 5.91 Å². The minimum Gasteiger partial charge on any atom is -0.366 e. The molecule has 0 radical (unpaired) electrons. The minimum atomic E-state index is -0.353. The van der Waals surface area contributed by atoms with E-state index in [1.54, 1.807) is 34.0 Å². The number of piperidine rings is 1. The maximum absolute atomic E-state index is 12.7. The lowest BCUT2D eigenvalue weighted by Gasteiger charge is -2.34. The number of nitro benzene ring substituents is 1. The largest absolute Gasteiger partial charge is 0.366 e. The van der Waals surface area contributed by atoms with Crippen LogP contribution < -0.4 is 4.90 Å². The summed E-state index contributed by atoms with van der Waals surface area (Å²) in [7, 11) is 3.66. The summed E-state index contributed by atoms with van der Waals surface area (Å²) >= 11 is 0. The van der Waals surface area contributed by atoms with Gasteiger partial charge in [0.05, 0.1) is 11.1 Å². The zero-order chi connectivity index (χ0) is 18.7. The van der Waals surface area contributed by atoms with E-state index in [2.05, 4.69) is 5.10 Å². The summed E-state index contributed by atoms with van der Waals surface area (Å²) in [5.41, 5.74) is 1.75. The van der Waals surface area contributed by atoms with Gasteiger partial charge in [-0.15, -0.1) is 0 Å². The van der Waals surface area contributed by atoms with Crippen molar-refractivity contribution in [3.8, 4) is 0 Å². The van der Waals surface area contributed by atoms with Gasteiger partial charge in [-0.25, -0.2) is 0 Å². The molecule has 1 aliphatic heterocycles. The molecule has 1 fully saturated rings. The Morgan fingerprint density at radius 3 is 2.65 bits per heavy atom. The van der Waals surface area contributed by atoms with Crippen LogP contribution in [0, 0.1) is 16.0 Å². The first-order chi connectivity index (χ1) is 12.5. The lowest BCUT2D eigenvalue weighted by atomic mass is 9.94. The van der Waals surface area contributed by atoms with Crippen LogP contribution in [0.4, 0.5) is 11.4 Å². The minimum absolute atomic E-state index is 0.0457. The van der Waals surface area contributed by atoms with Gasteiger partial charge in [0, 0.05) is 57.5 Å². The molecular formula is C18H23N5O3. The molecule has 0 atom stereocenters. The summed E-state index contributed by atoms with van der Waals surface area (Å²) < 4.78 is 1.72. The number of aromatic nitrogens is 2. The predicted molar refractivity (Wildman–Crippen MR) is 97.7 cm³/mol. The zero-order valence-corrected chi connectivity index (χ0v) is 15.0. The normalized spacial score (nSPS) is 15.1. The highest BCUT2D eigenvalue weighted by Gasteiger charge is 2.29. The molecule has 0 aliphatic carbocycles. The molecule has 8 heteroatoms. The van der Waals surface area contributed by atoms with Gasteiger partial charge < -0.3 is 9.80 Å². The Kier molecular flexibility index (Phi) is 5.20. The van der Waals surface area contributed by atoms with Gasteiger partial charge in [0.1, 0.15) is 5.69 Å². The number of hydrogen-bond acceptors (Lipinski definition) is 5. The molecule has 1 saturated heterocycles. The summed E-state index contributed by atoms with van der Waals surface area (Å²) in [4.78, 5) is 27.3. The molecule has 8 nitrogen and oxygen atoms in total. The van der Waals surface area contributed by atoms with E-state index in [-0.39, 0.29) is 22.4 Å². The van der Waals surface area contributed by atoms with Crippen LogP contribution in [0.3, 0.4) is 0 Å². The molecule has 0 spiro atoms. The van der Waals surface area contributed by atoms with Gasteiger partial charge in [0.15, 0.2) is 0 Å². The first kappa shape index (κ1) is 17.9. The van der Waals surface area contributed by atoms with Crippen LogP contribution in [-0.2, 0) is 18.4 Å². The van der Waals surface area contributed by atoms with Crippen molar-refractivity contribution in [2.75, 3.05) is 25.0 Å². The fourth-order valence-electron chi connectivity index (χ4n) is 3.47. The lowest BCUT2D eigenvalue weighted by Crippen LogP contribution is -2.41. The first-order valence-electron chi connectivity index (χ1n) is 8.66. The molecule has 0 N–H and O–H groups in total. The van der Waals surface area contributed by atoms with Gasteiger partial charge in [-0.05, 0) is 18.9 Å². The van der Waals surface area contributed by atoms with Crippen molar-refractivity contribution >= 4 is 17.3 Å². The molecule has 1 aromatic heterocycles. The van der Waals surface area contributed by atoms with E-state index in [1.165, 1.54) is 6.07 Å². The quantitative estimate of drug-likeness (QED) is 0.605. The molecule has 138 valence electrons. The molecule has 1 amide bonds. The highest BCUT2D eigenvalue weighted by atomic mass is 16.6. The SMILES string of the molecule is CN(Cc1cnn(C)c1)C(=O)C1CCN(c2ccccc2[N+](=O)[O-])CC1. The van der Waals surface area contributed by atoms with Crippen molar-refractivity contribution in [1.82, 2.24) is 14.7 Å². The Balaban J connectivity index is 1.59. The number of nitrogens with zero attached hydrogens (tertiary/aromatic N) is 5. The maximum atomic E-state index is 12.7. The molecule has 2 heterocycles. The lowest BCUT2D eigenvalue weighted by molar-refractivity contribution is -0.384. The summed E-state index contributed by atoms with van der Waals surface area (Å²) in [6.45, 7) is 1.82. The number of benzene rings is 1. The molecule has 1 aromatic carbocycles. The van der Waals surface area contributed by atoms with E-state index in [1.807, 2.05) is 25.2 Å². The zero-order valence-electron chi connectivity index (χ0n) is 15.0. The molecule has 2 aromatic rings. The fraction of sp³-hybridized carbons (Fsp3) is 0.444. The smallest absolute Gasteiger partial charge is 0.292 e. The van der Waals surface area contributed by atoms with Crippen molar-refractivity contribution in [3.63, 3.8) is 0 Å². The van der Waals surface area contributed by atoms with Crippen LogP contribution in [-0.4, -0.2) is 45.6 Å². The summed E-state index contributed by atoms with van der Waals surface area (Å²) in [6.07, 6.45) is 5.06. The molecule has 1 aliphatic rings. The fourth-order valence-corrected chi connectivity index (χ4v) is 3.47. The Morgan fingerprint density at radius 2 is 2.04 bits per heavy atom. The van der Waals surface area contributed by atoms with Crippen LogP contribution in [0.25, 0.3) is 0 Å². The molecule has 26 heavy (non-hydrogen) atoms. The average Bonchev–Trinajstić information content (AvgIpc) is 3.06. The van der Waals surface area contributed by atoms with Crippen LogP contribution in [0.5, 0.6) is 0 Å². The van der Waals surface area contributed by atoms with E-state index in [0.717, 1.165) is 5.56 Å². The Bertz CT molecular complexity index is 796. The summed E-state index contributed by atoms with van der Waals surface area (Å²) in [6, 6.07) is 6.77. The van der Waals surface area contributed by atoms with Crippen LogP contribution in [0.15, 0.2) is 36.7 Å². The standard InChI is InChI=1S/C18H23N5O3/c1-20(12-14-11-19-21(2)13-14)18(24)15-7-9-22(10-8-15)16-5-3-4-6-17(16)23(25)26/h3-6,11,13,15H,7-10,12H2,1-2H3. The molecule has 0 unspecified atom stereocenters. The number of aryl methyl sites for hydroxylation is 1. The molecule has 0 saturated carbocycles. The number of nitro groups is 1. The van der Waals surface area contributed by atoms with Gasteiger partial charge in [-0.3, -0.25) is 19.6 Å². The summed E-state index contributed by atoms with van der Waals surface area (Å²) in [5.74, 6) is 0.0757. The van der Waals surface area contributed by atoms with Gasteiger partial charge in [0.25, 0.3) is 5.69 Å². The van der Waals surface area contributed by atoms with Crippen molar-refractivity contribution in [2.24, 2.45) is 13.0 Å². The number of anilines is 1. The highest BCUT2D eigenvalue weighted by Crippen LogP contribution is 2.31. The molecule has 3 rings (SSSR count). The second-order valence-electron chi connectivity index (χ2n) is 6.72. The van der Waals surface area contributed by atoms with E-state index in [4.69, 9.17) is 0 Å². The number of carbonyl (C=O) groups is 1. The van der Waals surface area contributed by atoms with Crippen LogP contribution in [0.1, 0.15) is 18.4 Å². The van der Waals surface area contributed by atoms with Gasteiger partial charge >= 0.3 is 0 Å². The number of carbonyl (C=O) groups excluding carboxylic acids is 1. The van der Waals surface area contributed by atoms with Crippen molar-refractivity contribution in [3.05, 3.63) is 52.3 Å². The number of hydrogen-bond donors (Lipinski definition) is 0. The maximum Gasteiger partial charge on any atom is 0.292 e. The van der Waals surface area contributed by atoms with Crippen LogP contribution in [0.2, 0.25) is 0 Å². The van der Waals surface area contributed by atoms with E-state index >= 15 is 0 Å². The number of para-hydroxylation sites is 2. The third-order valence-electron chi connectivity index (χ3n) is 4.82. The highest BCUT2D eigenvalue weighted by molar-refractivity contribution is 5.79.